The summed E-state index contributed by atoms with van der Waals surface area (Å²) in [7, 11) is 0. The van der Waals surface area contributed by atoms with Gasteiger partial charge in [-0.25, -0.2) is 0 Å². The molecule has 0 bridgehead atoms. The Balaban J connectivity index is 2.05. The first-order valence-electron chi connectivity index (χ1n) is 6.25. The number of nitrogens with two attached hydrogens (primary N) is 1. The van der Waals surface area contributed by atoms with Crippen molar-refractivity contribution in [1.82, 2.24) is 4.90 Å². The van der Waals surface area contributed by atoms with Crippen LogP contribution in [0, 0.1) is 11.8 Å². The van der Waals surface area contributed by atoms with Crippen LogP contribution in [0.5, 0.6) is 0 Å². The Morgan fingerprint density at radius 1 is 1.29 bits per heavy atom. The number of likely N-dealkylation sites (tertiary alicyclic amines) is 1. The van der Waals surface area contributed by atoms with Gasteiger partial charge in [0.2, 0.25) is 5.91 Å². The van der Waals surface area contributed by atoms with Crippen LogP contribution in [0.2, 0.25) is 0 Å². The van der Waals surface area contributed by atoms with Gasteiger partial charge in [-0.2, -0.15) is 0 Å². The zero-order valence-corrected chi connectivity index (χ0v) is 10.2. The molecule has 2 rings (SSSR count). The Bertz CT molecular complexity index is 337. The van der Waals surface area contributed by atoms with Gasteiger partial charge in [0.05, 0.1) is 11.5 Å². The maximum Gasteiger partial charge on any atom is 0.308 e. The Morgan fingerprint density at radius 2 is 1.88 bits per heavy atom. The quantitative estimate of drug-likeness (QED) is 0.733. The first kappa shape index (κ1) is 12.4. The molecule has 1 amide bonds. The minimum Gasteiger partial charge on any atom is -0.481 e. The summed E-state index contributed by atoms with van der Waals surface area (Å²) in [5.41, 5.74) is 5.38. The summed E-state index contributed by atoms with van der Waals surface area (Å²) in [4.78, 5) is 25.0. The minimum atomic E-state index is -0.815. The molecule has 1 heterocycles. The molecule has 5 heteroatoms. The van der Waals surface area contributed by atoms with E-state index < -0.39 is 17.4 Å². The summed E-state index contributed by atoms with van der Waals surface area (Å²) in [5.74, 6) is -1.29. The maximum absolute atomic E-state index is 12.3. The number of amides is 1. The number of hydrogen-bond acceptors (Lipinski definition) is 3. The lowest BCUT2D eigenvalue weighted by atomic mass is 9.97. The van der Waals surface area contributed by atoms with Gasteiger partial charge in [-0.15, -0.1) is 0 Å². The highest BCUT2D eigenvalue weighted by Crippen LogP contribution is 2.32. The van der Waals surface area contributed by atoms with Gasteiger partial charge >= 0.3 is 5.97 Å². The number of hydrogen-bond donors (Lipinski definition) is 2. The molecule has 0 unspecified atom stereocenters. The predicted octanol–water partition coefficient (Wildman–Crippen LogP) is 0.437. The van der Waals surface area contributed by atoms with E-state index in [1.807, 2.05) is 6.92 Å². The topological polar surface area (TPSA) is 83.6 Å². The smallest absolute Gasteiger partial charge is 0.308 e. The molecular formula is C12H20N2O3. The van der Waals surface area contributed by atoms with Crippen molar-refractivity contribution >= 4 is 11.9 Å². The fraction of sp³-hybridized carbons (Fsp3) is 0.833. The van der Waals surface area contributed by atoms with E-state index in [0.717, 1.165) is 25.7 Å². The van der Waals surface area contributed by atoms with Crippen molar-refractivity contribution in [2.24, 2.45) is 17.6 Å². The highest BCUT2D eigenvalue weighted by atomic mass is 16.4. The molecular weight excluding hydrogens is 220 g/mol. The van der Waals surface area contributed by atoms with Crippen LogP contribution >= 0.6 is 0 Å². The molecule has 0 aromatic carbocycles. The molecule has 96 valence electrons. The molecule has 5 nitrogen and oxygen atoms in total. The second-order valence-corrected chi connectivity index (χ2v) is 5.50. The van der Waals surface area contributed by atoms with Crippen LogP contribution < -0.4 is 5.73 Å². The third-order valence-electron chi connectivity index (χ3n) is 4.14. The van der Waals surface area contributed by atoms with E-state index in [9.17, 15) is 9.59 Å². The highest BCUT2D eigenvalue weighted by Gasteiger charge is 2.44. The van der Waals surface area contributed by atoms with Crippen molar-refractivity contribution in [3.63, 3.8) is 0 Å². The van der Waals surface area contributed by atoms with Crippen molar-refractivity contribution < 1.29 is 14.7 Å². The molecule has 3 N–H and O–H groups in total. The molecule has 1 aliphatic carbocycles. The molecule has 0 aromatic rings. The zero-order valence-electron chi connectivity index (χ0n) is 10.2. The molecule has 0 radical (unpaired) electrons. The van der Waals surface area contributed by atoms with Crippen molar-refractivity contribution in [2.45, 2.75) is 38.1 Å². The van der Waals surface area contributed by atoms with Gasteiger partial charge in [-0.3, -0.25) is 9.59 Å². The lowest BCUT2D eigenvalue weighted by molar-refractivity contribution is -0.142. The third kappa shape index (κ3) is 2.16. The molecule has 0 aromatic heterocycles. The number of carboxylic acids is 1. The first-order valence-corrected chi connectivity index (χ1v) is 6.25. The van der Waals surface area contributed by atoms with E-state index in [4.69, 9.17) is 10.8 Å². The Hall–Kier alpha value is -1.10. The number of carbonyl (C=O) groups is 2. The Morgan fingerprint density at radius 3 is 2.35 bits per heavy atom. The molecule has 2 aliphatic rings. The lowest BCUT2D eigenvalue weighted by Crippen LogP contribution is -2.53. The van der Waals surface area contributed by atoms with Crippen LogP contribution in [0.1, 0.15) is 32.6 Å². The number of nitrogens with zero attached hydrogens (tertiary/aromatic N) is 1. The van der Waals surface area contributed by atoms with Crippen molar-refractivity contribution in [3.8, 4) is 0 Å². The van der Waals surface area contributed by atoms with Crippen LogP contribution in [0.3, 0.4) is 0 Å². The van der Waals surface area contributed by atoms with Crippen molar-refractivity contribution in [1.29, 1.82) is 0 Å². The van der Waals surface area contributed by atoms with E-state index in [-0.39, 0.29) is 11.8 Å². The largest absolute Gasteiger partial charge is 0.481 e. The molecule has 17 heavy (non-hydrogen) atoms. The number of carbonyl (C=O) groups excluding carboxylic acids is 1. The molecule has 2 fully saturated rings. The molecule has 1 saturated heterocycles. The highest BCUT2D eigenvalue weighted by molar-refractivity contribution is 5.87. The number of aliphatic carboxylic acids is 1. The third-order valence-corrected chi connectivity index (χ3v) is 4.14. The number of rotatable bonds is 2. The summed E-state index contributed by atoms with van der Waals surface area (Å²) in [6, 6.07) is 0. The second kappa shape index (κ2) is 4.29. The minimum absolute atomic E-state index is 0.0152. The van der Waals surface area contributed by atoms with Gasteiger partial charge in [0, 0.05) is 13.1 Å². The van der Waals surface area contributed by atoms with Crippen LogP contribution in [0.25, 0.3) is 0 Å². The molecule has 1 saturated carbocycles. The SMILES string of the molecule is C[C@@H]1CN(C(=O)C2(N)CCCC2)C[C@H]1C(=O)O. The average molecular weight is 240 g/mol. The summed E-state index contributed by atoms with van der Waals surface area (Å²) >= 11 is 0. The normalized spacial score (nSPS) is 31.8. The van der Waals surface area contributed by atoms with Gasteiger partial charge in [-0.05, 0) is 18.8 Å². The van der Waals surface area contributed by atoms with Crippen LogP contribution in [0.4, 0.5) is 0 Å². The standard InChI is InChI=1S/C12H20N2O3/c1-8-6-14(7-9(8)10(15)16)11(17)12(13)4-2-3-5-12/h8-9H,2-7,13H2,1H3,(H,15,16)/t8-,9-/m1/s1. The summed E-state index contributed by atoms with van der Waals surface area (Å²) < 4.78 is 0. The monoisotopic (exact) mass is 240 g/mol. The van der Waals surface area contributed by atoms with Gasteiger partial charge in [0.15, 0.2) is 0 Å². The maximum atomic E-state index is 12.3. The van der Waals surface area contributed by atoms with E-state index >= 15 is 0 Å². The van der Waals surface area contributed by atoms with Gasteiger partial charge in [0.1, 0.15) is 0 Å². The second-order valence-electron chi connectivity index (χ2n) is 5.50. The Labute approximate surface area is 101 Å². The van der Waals surface area contributed by atoms with Gasteiger partial charge in [0.25, 0.3) is 0 Å². The average Bonchev–Trinajstić information content (AvgIpc) is 2.84. The fourth-order valence-corrected chi connectivity index (χ4v) is 2.99. The van der Waals surface area contributed by atoms with Crippen molar-refractivity contribution in [2.75, 3.05) is 13.1 Å². The predicted molar refractivity (Wildman–Crippen MR) is 62.3 cm³/mol. The first-order chi connectivity index (χ1) is 7.94. The van der Waals surface area contributed by atoms with E-state index in [1.165, 1.54) is 0 Å². The fourth-order valence-electron chi connectivity index (χ4n) is 2.99. The van der Waals surface area contributed by atoms with Crippen LogP contribution in [-0.4, -0.2) is 40.5 Å². The summed E-state index contributed by atoms with van der Waals surface area (Å²) in [6.45, 7) is 2.72. The lowest BCUT2D eigenvalue weighted by Gasteiger charge is -2.28. The number of carboxylic acid groups (broad SMARTS) is 1. The molecule has 2 atom stereocenters. The molecule has 0 spiro atoms. The van der Waals surface area contributed by atoms with Gasteiger partial charge in [-0.1, -0.05) is 19.8 Å². The van der Waals surface area contributed by atoms with E-state index in [1.54, 1.807) is 4.90 Å². The van der Waals surface area contributed by atoms with Crippen LogP contribution in [-0.2, 0) is 9.59 Å². The Kier molecular flexibility index (Phi) is 3.12. The summed E-state index contributed by atoms with van der Waals surface area (Å²) in [6.07, 6.45) is 3.45. The zero-order chi connectivity index (χ0) is 12.6. The van der Waals surface area contributed by atoms with E-state index in [2.05, 4.69) is 0 Å². The molecule has 1 aliphatic heterocycles. The van der Waals surface area contributed by atoms with Crippen LogP contribution in [0.15, 0.2) is 0 Å². The summed E-state index contributed by atoms with van der Waals surface area (Å²) in [5, 5.41) is 9.04. The van der Waals surface area contributed by atoms with Crippen molar-refractivity contribution in [3.05, 3.63) is 0 Å². The van der Waals surface area contributed by atoms with Gasteiger partial charge < -0.3 is 15.7 Å². The van der Waals surface area contributed by atoms with E-state index in [0.29, 0.717) is 13.1 Å².